The van der Waals surface area contributed by atoms with Gasteiger partial charge in [-0.2, -0.15) is 0 Å². The monoisotopic (exact) mass is 471 g/mol. The van der Waals surface area contributed by atoms with Crippen LogP contribution in [0.4, 0.5) is 5.95 Å². The van der Waals surface area contributed by atoms with Gasteiger partial charge in [0, 0.05) is 45.2 Å². The predicted octanol–water partition coefficient (Wildman–Crippen LogP) is 4.59. The minimum atomic E-state index is -0.0308. The summed E-state index contributed by atoms with van der Waals surface area (Å²) in [7, 11) is 1.80. The van der Waals surface area contributed by atoms with E-state index in [-0.39, 0.29) is 11.5 Å². The van der Waals surface area contributed by atoms with Crippen molar-refractivity contribution >= 4 is 17.6 Å². The normalized spacial score (nSPS) is 18.4. The van der Waals surface area contributed by atoms with E-state index >= 15 is 0 Å². The lowest BCUT2D eigenvalue weighted by atomic mass is 9.88. The van der Waals surface area contributed by atoms with Crippen LogP contribution in [-0.2, 0) is 11.2 Å². The molecule has 2 fully saturated rings. The summed E-state index contributed by atoms with van der Waals surface area (Å²) in [5, 5.41) is 0. The number of aliphatic imine (C=N–C) groups is 1. The third kappa shape index (κ3) is 6.70. The van der Waals surface area contributed by atoms with E-state index in [0.29, 0.717) is 30.6 Å². The number of nitrogens with one attached hydrogen (secondary N) is 1. The molecule has 7 nitrogen and oxygen atoms in total. The van der Waals surface area contributed by atoms with Gasteiger partial charge in [-0.15, -0.1) is 0 Å². The average Bonchev–Trinajstić information content (AvgIpc) is 2.87. The predicted molar refractivity (Wildman–Crippen MR) is 140 cm³/mol. The third-order valence-corrected chi connectivity index (χ3v) is 7.64. The Bertz CT molecular complexity index is 879. The van der Waals surface area contributed by atoms with Crippen molar-refractivity contribution in [2.24, 2.45) is 16.8 Å². The van der Waals surface area contributed by atoms with Crippen LogP contribution in [0.1, 0.15) is 96.2 Å². The Hall–Kier alpha value is -2.18. The van der Waals surface area contributed by atoms with Gasteiger partial charge in [-0.05, 0) is 50.4 Å². The molecule has 1 aromatic rings. The van der Waals surface area contributed by atoms with Crippen molar-refractivity contribution in [1.82, 2.24) is 14.9 Å². The largest absolute Gasteiger partial charge is 0.343 e. The topological polar surface area (TPSA) is 81.7 Å². The van der Waals surface area contributed by atoms with Crippen molar-refractivity contribution in [3.63, 3.8) is 0 Å². The van der Waals surface area contributed by atoms with Gasteiger partial charge >= 0.3 is 0 Å². The minimum absolute atomic E-state index is 0.0308. The highest BCUT2D eigenvalue weighted by molar-refractivity contribution is 6.00. The minimum Gasteiger partial charge on any atom is -0.343 e. The number of anilines is 1. The molecule has 0 unspecified atom stereocenters. The molecule has 0 radical (unpaired) electrons. The van der Waals surface area contributed by atoms with Crippen LogP contribution in [0.15, 0.2) is 9.79 Å². The second kappa shape index (κ2) is 13.1. The molecule has 0 bridgehead atoms. The van der Waals surface area contributed by atoms with Crippen molar-refractivity contribution in [1.29, 1.82) is 0 Å². The fraction of sp³-hybridized carbons (Fsp3) is 0.778. The summed E-state index contributed by atoms with van der Waals surface area (Å²) < 4.78 is 0. The van der Waals surface area contributed by atoms with Crippen molar-refractivity contribution in [2.75, 3.05) is 38.1 Å². The Balaban J connectivity index is 1.87. The van der Waals surface area contributed by atoms with Crippen molar-refractivity contribution in [3.8, 4) is 0 Å². The average molecular weight is 472 g/mol. The number of H-pyrrole nitrogens is 1. The van der Waals surface area contributed by atoms with Crippen LogP contribution in [0.25, 0.3) is 0 Å². The number of carbonyl (C=O) groups is 1. The lowest BCUT2D eigenvalue weighted by molar-refractivity contribution is -0.132. The first-order valence-corrected chi connectivity index (χ1v) is 13.6. The summed E-state index contributed by atoms with van der Waals surface area (Å²) in [5.74, 6) is 2.10. The van der Waals surface area contributed by atoms with Gasteiger partial charge in [0.2, 0.25) is 11.9 Å². The molecule has 2 heterocycles. The van der Waals surface area contributed by atoms with E-state index < -0.39 is 0 Å². The molecule has 0 spiro atoms. The molecular weight excluding hydrogens is 426 g/mol. The maximum atomic E-state index is 13.1. The second-order valence-electron chi connectivity index (χ2n) is 10.1. The summed E-state index contributed by atoms with van der Waals surface area (Å²) in [5.41, 5.74) is 2.41. The summed E-state index contributed by atoms with van der Waals surface area (Å²) in [4.78, 5) is 42.3. The maximum Gasteiger partial charge on any atom is 0.256 e. The van der Waals surface area contributed by atoms with Crippen molar-refractivity contribution in [2.45, 2.75) is 91.4 Å². The van der Waals surface area contributed by atoms with Crippen molar-refractivity contribution in [3.05, 3.63) is 21.6 Å². The summed E-state index contributed by atoms with van der Waals surface area (Å²) >= 11 is 0. The Kier molecular flexibility index (Phi) is 10.1. The first kappa shape index (κ1) is 26.4. The first-order valence-electron chi connectivity index (χ1n) is 13.6. The molecule has 1 N–H and O–H groups in total. The lowest BCUT2D eigenvalue weighted by Gasteiger charge is -2.37. The maximum absolute atomic E-state index is 13.1. The van der Waals surface area contributed by atoms with E-state index in [0.717, 1.165) is 68.8 Å². The number of carbonyl (C=O) groups excluding carboxylic acids is 1. The molecule has 1 aromatic heterocycles. The Morgan fingerprint density at radius 2 is 1.71 bits per heavy atom. The molecule has 3 rings (SSSR count). The van der Waals surface area contributed by atoms with Crippen LogP contribution in [0.2, 0.25) is 0 Å². The van der Waals surface area contributed by atoms with Crippen LogP contribution in [0.5, 0.6) is 0 Å². The Morgan fingerprint density at radius 1 is 1.06 bits per heavy atom. The highest BCUT2D eigenvalue weighted by atomic mass is 16.2. The molecular formula is C27H45N5O2. The van der Waals surface area contributed by atoms with Gasteiger partial charge in [0.25, 0.3) is 5.56 Å². The van der Waals surface area contributed by atoms with Crippen LogP contribution >= 0.6 is 0 Å². The number of aromatic nitrogens is 2. The number of amides is 1. The number of hydrogen-bond donors (Lipinski definition) is 1. The van der Waals surface area contributed by atoms with Crippen molar-refractivity contribution < 1.29 is 4.79 Å². The summed E-state index contributed by atoms with van der Waals surface area (Å²) in [6.07, 6.45) is 11.5. The molecule has 1 aliphatic carbocycles. The first-order chi connectivity index (χ1) is 16.5. The van der Waals surface area contributed by atoms with Gasteiger partial charge < -0.3 is 9.80 Å². The standard InChI is InChI=1S/C27H45N5O2/c1-5-11-23(28-4)25-22(6-2)26(34)30-27(29-25)32(18-20-12-9-8-10-13-20)19-21-14-16-31(17-15-21)24(33)7-3/h20-21H,5-19H2,1-4H3,(H,29,30,34). The molecule has 0 aromatic carbocycles. The molecule has 1 aliphatic heterocycles. The van der Waals surface area contributed by atoms with Gasteiger partial charge in [-0.1, -0.05) is 46.5 Å². The number of piperidine rings is 1. The number of aromatic amines is 1. The molecule has 0 atom stereocenters. The number of likely N-dealkylation sites (tertiary alicyclic amines) is 1. The van der Waals surface area contributed by atoms with E-state index in [9.17, 15) is 9.59 Å². The van der Waals surface area contributed by atoms with E-state index in [4.69, 9.17) is 4.98 Å². The fourth-order valence-corrected chi connectivity index (χ4v) is 5.60. The molecule has 2 aliphatic rings. The molecule has 190 valence electrons. The zero-order chi connectivity index (χ0) is 24.5. The smallest absolute Gasteiger partial charge is 0.256 e. The third-order valence-electron chi connectivity index (χ3n) is 7.64. The van der Waals surface area contributed by atoms with Crippen LogP contribution in [-0.4, -0.2) is 59.7 Å². The van der Waals surface area contributed by atoms with E-state index in [1.54, 1.807) is 7.05 Å². The molecule has 1 amide bonds. The van der Waals surface area contributed by atoms with E-state index in [1.165, 1.54) is 32.1 Å². The van der Waals surface area contributed by atoms with E-state index in [2.05, 4.69) is 21.8 Å². The Morgan fingerprint density at radius 3 is 2.26 bits per heavy atom. The van der Waals surface area contributed by atoms with Gasteiger partial charge in [0.05, 0.1) is 11.4 Å². The van der Waals surface area contributed by atoms with Gasteiger partial charge in [0.1, 0.15) is 0 Å². The summed E-state index contributed by atoms with van der Waals surface area (Å²) in [6.45, 7) is 9.57. The van der Waals surface area contributed by atoms with E-state index in [1.807, 2.05) is 18.7 Å². The zero-order valence-corrected chi connectivity index (χ0v) is 21.9. The lowest BCUT2D eigenvalue weighted by Crippen LogP contribution is -2.43. The van der Waals surface area contributed by atoms with Gasteiger partial charge in [-0.3, -0.25) is 19.6 Å². The number of nitrogens with zero attached hydrogens (tertiary/aromatic N) is 4. The number of rotatable bonds is 10. The van der Waals surface area contributed by atoms with Gasteiger partial charge in [0.15, 0.2) is 0 Å². The molecule has 7 heteroatoms. The molecule has 1 saturated carbocycles. The SMILES string of the molecule is CCCC(=NC)c1nc(N(CC2CCCCC2)CC2CCN(C(=O)CC)CC2)[nH]c(=O)c1CC. The summed E-state index contributed by atoms with van der Waals surface area (Å²) in [6, 6.07) is 0. The second-order valence-corrected chi connectivity index (χ2v) is 10.1. The quantitative estimate of drug-likeness (QED) is 0.506. The molecule has 1 saturated heterocycles. The molecule has 34 heavy (non-hydrogen) atoms. The van der Waals surface area contributed by atoms with Crippen LogP contribution in [0.3, 0.4) is 0 Å². The highest BCUT2D eigenvalue weighted by Crippen LogP contribution is 2.28. The number of hydrogen-bond acceptors (Lipinski definition) is 5. The highest BCUT2D eigenvalue weighted by Gasteiger charge is 2.27. The fourth-order valence-electron chi connectivity index (χ4n) is 5.60. The Labute approximate surface area is 205 Å². The zero-order valence-electron chi connectivity index (χ0n) is 21.9. The van der Waals surface area contributed by atoms with Gasteiger partial charge in [-0.25, -0.2) is 4.98 Å². The van der Waals surface area contributed by atoms with Crippen LogP contribution in [0, 0.1) is 11.8 Å². The van der Waals surface area contributed by atoms with Crippen LogP contribution < -0.4 is 10.5 Å².